The maximum Gasteiger partial charge on any atom is 0.430 e. The van der Waals surface area contributed by atoms with Gasteiger partial charge in [0.25, 0.3) is 0 Å². The quantitative estimate of drug-likeness (QED) is 0.733. The summed E-state index contributed by atoms with van der Waals surface area (Å²) < 4.78 is 34.1. The number of carboxylic acids is 1. The average molecular weight is 398 g/mol. The molecule has 4 nitrogen and oxygen atoms in total. The number of hydrogen-bond acceptors (Lipinski definition) is 3. The van der Waals surface area contributed by atoms with E-state index in [1.807, 2.05) is 0 Å². The highest BCUT2D eigenvalue weighted by Gasteiger charge is 2.56. The van der Waals surface area contributed by atoms with Crippen molar-refractivity contribution >= 4 is 11.7 Å². The SMILES string of the molecule is CCN(CC)c1cc[n+](C23CC4CC(CC(C4)C2)C3)cc1.O=C([O-])C(F)(F)F. The van der Waals surface area contributed by atoms with E-state index in [1.54, 1.807) is 0 Å². The molecule has 1 heterocycles. The predicted molar refractivity (Wildman–Crippen MR) is 97.4 cm³/mol. The second-order valence-corrected chi connectivity index (χ2v) is 8.56. The van der Waals surface area contributed by atoms with Crippen molar-refractivity contribution in [1.82, 2.24) is 0 Å². The summed E-state index contributed by atoms with van der Waals surface area (Å²) in [6, 6.07) is 4.68. The Morgan fingerprint density at radius 1 is 1.07 bits per heavy atom. The molecule has 4 bridgehead atoms. The van der Waals surface area contributed by atoms with Crippen LogP contribution in [0.4, 0.5) is 18.9 Å². The summed E-state index contributed by atoms with van der Waals surface area (Å²) in [5, 5.41) is 8.78. The molecule has 0 spiro atoms. The van der Waals surface area contributed by atoms with Crippen LogP contribution < -0.4 is 14.6 Å². The summed E-state index contributed by atoms with van der Waals surface area (Å²) in [7, 11) is 0. The van der Waals surface area contributed by atoms with Crippen molar-refractivity contribution in [3.8, 4) is 0 Å². The molecule has 0 saturated heterocycles. The van der Waals surface area contributed by atoms with Crippen molar-refractivity contribution in [3.63, 3.8) is 0 Å². The standard InChI is InChI=1S/C19H29N2.C2HF3O2/c1-3-20(4-2)18-5-7-21(8-6-18)19-12-15-9-16(13-19)11-17(10-15)14-19;3-2(4,5)1(6)7/h5-8,15-17H,3-4,9-14H2,1-2H3;(H,6,7)/q+1;/p-1. The number of rotatable bonds is 4. The molecule has 156 valence electrons. The van der Waals surface area contributed by atoms with Crippen LogP contribution in [0.25, 0.3) is 0 Å². The number of aliphatic carboxylic acids is 1. The lowest BCUT2D eigenvalue weighted by Crippen LogP contribution is -2.64. The summed E-state index contributed by atoms with van der Waals surface area (Å²) in [4.78, 5) is 11.2. The molecule has 1 aromatic rings. The van der Waals surface area contributed by atoms with Gasteiger partial charge in [-0.1, -0.05) is 0 Å². The molecule has 5 rings (SSSR count). The fourth-order valence-electron chi connectivity index (χ4n) is 5.92. The Morgan fingerprint density at radius 2 is 1.46 bits per heavy atom. The number of aromatic nitrogens is 1. The van der Waals surface area contributed by atoms with E-state index in [4.69, 9.17) is 9.90 Å². The summed E-state index contributed by atoms with van der Waals surface area (Å²) in [6.45, 7) is 6.67. The minimum absolute atomic E-state index is 0.469. The molecule has 4 aliphatic rings. The summed E-state index contributed by atoms with van der Waals surface area (Å²) in [6.07, 6.45) is 8.45. The molecule has 0 aliphatic heterocycles. The molecule has 0 atom stereocenters. The van der Waals surface area contributed by atoms with Crippen molar-refractivity contribution in [3.05, 3.63) is 24.5 Å². The van der Waals surface area contributed by atoms with Crippen LogP contribution in [0.15, 0.2) is 24.5 Å². The van der Waals surface area contributed by atoms with Crippen molar-refractivity contribution in [2.75, 3.05) is 18.0 Å². The van der Waals surface area contributed by atoms with Gasteiger partial charge in [-0.15, -0.1) is 0 Å². The van der Waals surface area contributed by atoms with Gasteiger partial charge >= 0.3 is 6.18 Å². The van der Waals surface area contributed by atoms with E-state index < -0.39 is 12.1 Å². The van der Waals surface area contributed by atoms with Crippen LogP contribution >= 0.6 is 0 Å². The normalized spacial score (nSPS) is 30.5. The second kappa shape index (κ2) is 7.91. The third-order valence-electron chi connectivity index (χ3n) is 6.73. The number of anilines is 1. The van der Waals surface area contributed by atoms with E-state index >= 15 is 0 Å². The lowest BCUT2D eigenvalue weighted by atomic mass is 9.53. The highest BCUT2D eigenvalue weighted by atomic mass is 19.4. The Bertz CT molecular complexity index is 649. The van der Waals surface area contributed by atoms with E-state index in [0.29, 0.717) is 5.54 Å². The fourth-order valence-corrected chi connectivity index (χ4v) is 5.92. The third kappa shape index (κ3) is 4.28. The Labute approximate surface area is 164 Å². The van der Waals surface area contributed by atoms with Gasteiger partial charge in [-0.2, -0.15) is 17.7 Å². The summed E-state index contributed by atoms with van der Waals surface area (Å²) >= 11 is 0. The smallest absolute Gasteiger partial charge is 0.430 e. The van der Waals surface area contributed by atoms with Crippen LogP contribution in [-0.4, -0.2) is 25.2 Å². The minimum atomic E-state index is -5.19. The van der Waals surface area contributed by atoms with Gasteiger partial charge in [0.05, 0.1) is 0 Å². The van der Waals surface area contributed by atoms with Crippen molar-refractivity contribution in [2.45, 2.75) is 64.1 Å². The fraction of sp³-hybridized carbons (Fsp3) is 0.714. The number of halogens is 3. The first-order chi connectivity index (χ1) is 13.2. The molecule has 0 radical (unpaired) electrons. The lowest BCUT2D eigenvalue weighted by Gasteiger charge is -2.53. The zero-order valence-corrected chi connectivity index (χ0v) is 16.5. The number of alkyl halides is 3. The zero-order chi connectivity index (χ0) is 20.5. The van der Waals surface area contributed by atoms with E-state index in [0.717, 1.165) is 30.8 Å². The molecule has 0 aromatic carbocycles. The number of nitrogens with zero attached hydrogens (tertiary/aromatic N) is 2. The average Bonchev–Trinajstić information content (AvgIpc) is 2.62. The summed E-state index contributed by atoms with van der Waals surface area (Å²) in [5.74, 6) is 0.0520. The first-order valence-corrected chi connectivity index (χ1v) is 10.2. The van der Waals surface area contributed by atoms with Gasteiger partial charge in [0, 0.05) is 50.2 Å². The van der Waals surface area contributed by atoms with Gasteiger partial charge in [-0.05, 0) is 50.9 Å². The molecule has 4 fully saturated rings. The molecular formula is C21H29F3N2O2. The Morgan fingerprint density at radius 3 is 1.79 bits per heavy atom. The second-order valence-electron chi connectivity index (χ2n) is 8.56. The number of carbonyl (C=O) groups excluding carboxylic acids is 1. The maximum absolute atomic E-state index is 10.5. The zero-order valence-electron chi connectivity index (χ0n) is 16.5. The van der Waals surface area contributed by atoms with Crippen LogP contribution in [-0.2, 0) is 10.3 Å². The van der Waals surface area contributed by atoms with Gasteiger partial charge in [0.15, 0.2) is 17.9 Å². The van der Waals surface area contributed by atoms with Crippen LogP contribution in [0.1, 0.15) is 52.4 Å². The van der Waals surface area contributed by atoms with Crippen molar-refractivity contribution in [2.24, 2.45) is 17.8 Å². The first kappa shape index (κ1) is 20.9. The van der Waals surface area contributed by atoms with Gasteiger partial charge in [-0.25, -0.2) is 0 Å². The molecular weight excluding hydrogens is 369 g/mol. The maximum atomic E-state index is 10.5. The first-order valence-electron chi connectivity index (χ1n) is 10.2. The number of carboxylic acid groups (broad SMARTS) is 1. The van der Waals surface area contributed by atoms with Crippen LogP contribution in [0.5, 0.6) is 0 Å². The minimum Gasteiger partial charge on any atom is -0.542 e. The van der Waals surface area contributed by atoms with Gasteiger partial charge in [0.2, 0.25) is 0 Å². The predicted octanol–water partition coefficient (Wildman–Crippen LogP) is 3.04. The molecule has 7 heteroatoms. The molecule has 4 aliphatic carbocycles. The topological polar surface area (TPSA) is 47.2 Å². The van der Waals surface area contributed by atoms with Crippen LogP contribution in [0, 0.1) is 17.8 Å². The van der Waals surface area contributed by atoms with Gasteiger partial charge in [0.1, 0.15) is 5.97 Å². The van der Waals surface area contributed by atoms with E-state index in [-0.39, 0.29) is 0 Å². The Balaban J connectivity index is 0.000000279. The number of carbonyl (C=O) groups is 1. The largest absolute Gasteiger partial charge is 0.542 e. The van der Waals surface area contributed by atoms with Crippen molar-refractivity contribution in [1.29, 1.82) is 0 Å². The molecule has 0 amide bonds. The van der Waals surface area contributed by atoms with E-state index in [9.17, 15) is 13.2 Å². The van der Waals surface area contributed by atoms with E-state index in [2.05, 4.69) is 47.8 Å². The molecule has 0 unspecified atom stereocenters. The molecule has 0 N–H and O–H groups in total. The third-order valence-corrected chi connectivity index (χ3v) is 6.73. The Kier molecular flexibility index (Phi) is 5.92. The van der Waals surface area contributed by atoms with E-state index in [1.165, 1.54) is 44.2 Å². The highest BCUT2D eigenvalue weighted by molar-refractivity contribution is 5.70. The number of pyridine rings is 1. The molecule has 4 saturated carbocycles. The lowest BCUT2D eigenvalue weighted by molar-refractivity contribution is -0.776. The van der Waals surface area contributed by atoms with Crippen molar-refractivity contribution < 1.29 is 27.6 Å². The van der Waals surface area contributed by atoms with Gasteiger partial charge < -0.3 is 14.8 Å². The molecule has 1 aromatic heterocycles. The Hall–Kier alpha value is -1.79. The number of hydrogen-bond donors (Lipinski definition) is 0. The van der Waals surface area contributed by atoms with Gasteiger partial charge in [-0.3, -0.25) is 0 Å². The summed E-state index contributed by atoms with van der Waals surface area (Å²) in [5.41, 5.74) is 1.84. The highest BCUT2D eigenvalue weighted by Crippen LogP contribution is 2.56. The molecule has 28 heavy (non-hydrogen) atoms. The monoisotopic (exact) mass is 398 g/mol. The van der Waals surface area contributed by atoms with Crippen LogP contribution in [0.3, 0.4) is 0 Å². The van der Waals surface area contributed by atoms with Crippen LogP contribution in [0.2, 0.25) is 0 Å².